The summed E-state index contributed by atoms with van der Waals surface area (Å²) in [7, 11) is -3.84. The summed E-state index contributed by atoms with van der Waals surface area (Å²) in [6.07, 6.45) is -0.475. The number of fused-ring (bicyclic) bond motifs is 1. The van der Waals surface area contributed by atoms with Crippen LogP contribution in [0.3, 0.4) is 0 Å². The number of hydrogen-bond donors (Lipinski definition) is 2. The van der Waals surface area contributed by atoms with Crippen LogP contribution >= 0.6 is 0 Å². The quantitative estimate of drug-likeness (QED) is 0.848. The summed E-state index contributed by atoms with van der Waals surface area (Å²) in [5.74, 6) is -0.0146. The first-order valence-electron chi connectivity index (χ1n) is 7.17. The van der Waals surface area contributed by atoms with Crippen molar-refractivity contribution in [1.82, 2.24) is 4.72 Å². The summed E-state index contributed by atoms with van der Waals surface area (Å²) in [5.41, 5.74) is -0.0935. The van der Waals surface area contributed by atoms with Crippen LogP contribution in [0.15, 0.2) is 53.4 Å². The van der Waals surface area contributed by atoms with Gasteiger partial charge < -0.3 is 14.6 Å². The molecule has 8 heteroatoms. The normalized spacial score (nSPS) is 16.6. The van der Waals surface area contributed by atoms with Gasteiger partial charge in [-0.1, -0.05) is 18.2 Å². The number of nitrogens with one attached hydrogen (secondary N) is 1. The Morgan fingerprint density at radius 1 is 1.17 bits per heavy atom. The molecular formula is C16H15NO6S. The molecule has 0 aromatic heterocycles. The van der Waals surface area contributed by atoms with Crippen LogP contribution < -0.4 is 14.2 Å². The third-order valence-corrected chi connectivity index (χ3v) is 4.88. The van der Waals surface area contributed by atoms with Crippen LogP contribution in [0.1, 0.15) is 10.4 Å². The van der Waals surface area contributed by atoms with Crippen LogP contribution in [-0.2, 0) is 10.0 Å². The molecular weight excluding hydrogens is 334 g/mol. The van der Waals surface area contributed by atoms with E-state index in [0.717, 1.165) is 6.07 Å². The number of benzene rings is 2. The molecule has 0 aliphatic carbocycles. The lowest BCUT2D eigenvalue weighted by atomic mass is 10.2. The van der Waals surface area contributed by atoms with Gasteiger partial charge in [-0.25, -0.2) is 17.9 Å². The van der Waals surface area contributed by atoms with E-state index in [1.807, 2.05) is 6.07 Å². The van der Waals surface area contributed by atoms with Gasteiger partial charge in [0.2, 0.25) is 10.0 Å². The molecule has 1 heterocycles. The highest BCUT2D eigenvalue weighted by Gasteiger charge is 2.23. The molecule has 0 bridgehead atoms. The molecule has 24 heavy (non-hydrogen) atoms. The summed E-state index contributed by atoms with van der Waals surface area (Å²) < 4.78 is 38.2. The molecule has 0 radical (unpaired) electrons. The third kappa shape index (κ3) is 3.50. The van der Waals surface area contributed by atoms with Crippen LogP contribution in [0.25, 0.3) is 0 Å². The van der Waals surface area contributed by atoms with E-state index < -0.39 is 22.1 Å². The number of hydrogen-bond acceptors (Lipinski definition) is 5. The molecule has 126 valence electrons. The number of ether oxygens (including phenoxy) is 2. The van der Waals surface area contributed by atoms with Gasteiger partial charge in [-0.2, -0.15) is 0 Å². The number of carboxylic acid groups (broad SMARTS) is 1. The molecule has 2 aromatic carbocycles. The topological polar surface area (TPSA) is 102 Å². The zero-order valence-electron chi connectivity index (χ0n) is 12.5. The average molecular weight is 349 g/mol. The molecule has 0 saturated carbocycles. The Kier molecular flexibility index (Phi) is 4.41. The molecule has 1 aliphatic rings. The van der Waals surface area contributed by atoms with Crippen molar-refractivity contribution < 1.29 is 27.8 Å². The fourth-order valence-electron chi connectivity index (χ4n) is 2.25. The number of sulfonamides is 1. The standard InChI is InChI=1S/C16H15NO6S/c18-16(19)11-4-3-5-13(8-11)24(20,21)17-9-12-10-22-14-6-1-2-7-15(14)23-12/h1-8,12,17H,9-10H2,(H,18,19)/t12-/m0/s1. The molecule has 3 rings (SSSR count). The van der Waals surface area contributed by atoms with Crippen molar-refractivity contribution in [3.8, 4) is 11.5 Å². The highest BCUT2D eigenvalue weighted by atomic mass is 32.2. The zero-order valence-corrected chi connectivity index (χ0v) is 13.3. The lowest BCUT2D eigenvalue weighted by Gasteiger charge is -2.26. The summed E-state index contributed by atoms with van der Waals surface area (Å²) in [6.45, 7) is 0.225. The molecule has 2 aromatic rings. The average Bonchev–Trinajstić information content (AvgIpc) is 2.60. The fourth-order valence-corrected chi connectivity index (χ4v) is 3.36. The molecule has 0 unspecified atom stereocenters. The van der Waals surface area contributed by atoms with Crippen molar-refractivity contribution in [3.05, 3.63) is 54.1 Å². The van der Waals surface area contributed by atoms with Gasteiger partial charge in [0.15, 0.2) is 11.5 Å². The highest BCUT2D eigenvalue weighted by Crippen LogP contribution is 2.30. The summed E-state index contributed by atoms with van der Waals surface area (Å²) in [6, 6.07) is 12.3. The minimum Gasteiger partial charge on any atom is -0.486 e. The van der Waals surface area contributed by atoms with Crippen molar-refractivity contribution in [1.29, 1.82) is 0 Å². The lowest BCUT2D eigenvalue weighted by Crippen LogP contribution is -2.40. The third-order valence-electron chi connectivity index (χ3n) is 3.46. The first kappa shape index (κ1) is 16.3. The molecule has 7 nitrogen and oxygen atoms in total. The predicted octanol–water partition coefficient (Wildman–Crippen LogP) is 1.50. The predicted molar refractivity (Wildman–Crippen MR) is 84.9 cm³/mol. The van der Waals surface area contributed by atoms with Crippen LogP contribution in [-0.4, -0.2) is 38.7 Å². The molecule has 1 aliphatic heterocycles. The van der Waals surface area contributed by atoms with Gasteiger partial charge in [-0.05, 0) is 30.3 Å². The second-order valence-electron chi connectivity index (χ2n) is 5.18. The second-order valence-corrected chi connectivity index (χ2v) is 6.95. The monoisotopic (exact) mass is 349 g/mol. The van der Waals surface area contributed by atoms with E-state index in [0.29, 0.717) is 11.5 Å². The second kappa shape index (κ2) is 6.50. The minimum atomic E-state index is -3.84. The highest BCUT2D eigenvalue weighted by molar-refractivity contribution is 7.89. The largest absolute Gasteiger partial charge is 0.486 e. The number of carboxylic acids is 1. The van der Waals surface area contributed by atoms with Gasteiger partial charge in [0, 0.05) is 0 Å². The fraction of sp³-hybridized carbons (Fsp3) is 0.188. The number of carbonyl (C=O) groups is 1. The Morgan fingerprint density at radius 3 is 2.67 bits per heavy atom. The van der Waals surface area contributed by atoms with E-state index in [9.17, 15) is 13.2 Å². The van der Waals surface area contributed by atoms with E-state index >= 15 is 0 Å². The smallest absolute Gasteiger partial charge is 0.335 e. The van der Waals surface area contributed by atoms with Gasteiger partial charge in [-0.15, -0.1) is 0 Å². The van der Waals surface area contributed by atoms with Crippen molar-refractivity contribution in [2.75, 3.05) is 13.2 Å². The number of aromatic carboxylic acids is 1. The number of rotatable bonds is 5. The first-order chi connectivity index (χ1) is 11.5. The van der Waals surface area contributed by atoms with E-state index in [1.54, 1.807) is 18.2 Å². The Balaban J connectivity index is 1.68. The summed E-state index contributed by atoms with van der Waals surface area (Å²) in [4.78, 5) is 10.8. The van der Waals surface area contributed by atoms with Gasteiger partial charge in [0.25, 0.3) is 0 Å². The van der Waals surface area contributed by atoms with Crippen molar-refractivity contribution in [2.45, 2.75) is 11.0 Å². The van der Waals surface area contributed by atoms with E-state index in [2.05, 4.69) is 4.72 Å². The minimum absolute atomic E-state index is 0.00790. The first-order valence-corrected chi connectivity index (χ1v) is 8.65. The van der Waals surface area contributed by atoms with E-state index in [1.165, 1.54) is 18.2 Å². The Bertz CT molecular complexity index is 864. The maximum absolute atomic E-state index is 12.3. The summed E-state index contributed by atoms with van der Waals surface area (Å²) >= 11 is 0. The Morgan fingerprint density at radius 2 is 1.92 bits per heavy atom. The van der Waals surface area contributed by atoms with Crippen LogP contribution in [0.4, 0.5) is 0 Å². The summed E-state index contributed by atoms with van der Waals surface area (Å²) in [5, 5.41) is 8.95. The van der Waals surface area contributed by atoms with E-state index in [4.69, 9.17) is 14.6 Å². The van der Waals surface area contributed by atoms with Crippen LogP contribution in [0.2, 0.25) is 0 Å². The maximum Gasteiger partial charge on any atom is 0.335 e. The molecule has 0 amide bonds. The van der Waals surface area contributed by atoms with Crippen molar-refractivity contribution >= 4 is 16.0 Å². The Labute approximate surface area is 138 Å². The molecule has 2 N–H and O–H groups in total. The van der Waals surface area contributed by atoms with Gasteiger partial charge in [-0.3, -0.25) is 0 Å². The van der Waals surface area contributed by atoms with Crippen molar-refractivity contribution in [3.63, 3.8) is 0 Å². The van der Waals surface area contributed by atoms with Gasteiger partial charge >= 0.3 is 5.97 Å². The molecule has 0 spiro atoms. The number of para-hydroxylation sites is 2. The van der Waals surface area contributed by atoms with Gasteiger partial charge in [0.05, 0.1) is 17.0 Å². The SMILES string of the molecule is O=C(O)c1cccc(S(=O)(=O)NC[C@H]2COc3ccccc3O2)c1. The van der Waals surface area contributed by atoms with Crippen LogP contribution in [0, 0.1) is 0 Å². The zero-order chi connectivity index (χ0) is 17.2. The molecule has 0 saturated heterocycles. The molecule has 0 fully saturated rings. The van der Waals surface area contributed by atoms with Crippen LogP contribution in [0.5, 0.6) is 11.5 Å². The lowest BCUT2D eigenvalue weighted by molar-refractivity contribution is 0.0696. The Hall–Kier alpha value is -2.58. The maximum atomic E-state index is 12.3. The van der Waals surface area contributed by atoms with E-state index in [-0.39, 0.29) is 23.6 Å². The van der Waals surface area contributed by atoms with Gasteiger partial charge in [0.1, 0.15) is 12.7 Å². The molecule has 1 atom stereocenters. The van der Waals surface area contributed by atoms with Crippen molar-refractivity contribution in [2.24, 2.45) is 0 Å².